The molecule has 1 saturated carbocycles. The number of fused-ring (bicyclic) bond motifs is 1. The number of nitro benzene ring substituents is 1. The molecular weight excluding hydrogens is 342 g/mol. The van der Waals surface area contributed by atoms with Crippen LogP contribution in [0.2, 0.25) is 0 Å². The van der Waals surface area contributed by atoms with E-state index in [9.17, 15) is 14.9 Å². The maximum atomic E-state index is 13.6. The van der Waals surface area contributed by atoms with Crippen LogP contribution in [-0.4, -0.2) is 41.4 Å². The molecule has 0 aromatic heterocycles. The Morgan fingerprint density at radius 3 is 2.48 bits per heavy atom. The van der Waals surface area contributed by atoms with Crippen LogP contribution in [0.3, 0.4) is 0 Å². The number of carbonyl (C=O) groups excluding carboxylic acids is 1. The average molecular weight is 371 g/mol. The second-order valence-electron chi connectivity index (χ2n) is 8.26. The monoisotopic (exact) mass is 371 g/mol. The summed E-state index contributed by atoms with van der Waals surface area (Å²) >= 11 is 0. The van der Waals surface area contributed by atoms with E-state index in [1.165, 1.54) is 38.2 Å². The van der Waals surface area contributed by atoms with Crippen molar-refractivity contribution in [1.29, 1.82) is 0 Å². The summed E-state index contributed by atoms with van der Waals surface area (Å²) in [5.41, 5.74) is 1.41. The van der Waals surface area contributed by atoms with Crippen molar-refractivity contribution in [3.05, 3.63) is 33.9 Å². The maximum Gasteiger partial charge on any atom is 0.270 e. The van der Waals surface area contributed by atoms with Gasteiger partial charge in [-0.3, -0.25) is 14.9 Å². The van der Waals surface area contributed by atoms with Gasteiger partial charge in [0.2, 0.25) is 0 Å². The average Bonchev–Trinajstić information content (AvgIpc) is 2.73. The molecule has 6 nitrogen and oxygen atoms in total. The van der Waals surface area contributed by atoms with Crippen molar-refractivity contribution in [2.45, 2.75) is 63.8 Å². The number of nitrogens with zero attached hydrogens (tertiary/aromatic N) is 3. The minimum absolute atomic E-state index is 0.00382. The Morgan fingerprint density at radius 2 is 1.70 bits per heavy atom. The van der Waals surface area contributed by atoms with Gasteiger partial charge in [-0.25, -0.2) is 0 Å². The highest BCUT2D eigenvalue weighted by atomic mass is 16.6. The number of hydrogen-bond donors (Lipinski definition) is 0. The maximum absolute atomic E-state index is 13.6. The molecule has 3 aliphatic rings. The SMILES string of the molecule is O=C(c1cc([N+](=O)[O-])ccc1N1CCCCC1)N1CCCC2CCCCC21. The lowest BCUT2D eigenvalue weighted by atomic mass is 9.78. The van der Waals surface area contributed by atoms with Gasteiger partial charge in [0, 0.05) is 37.8 Å². The smallest absolute Gasteiger partial charge is 0.270 e. The summed E-state index contributed by atoms with van der Waals surface area (Å²) in [6.45, 7) is 2.62. The lowest BCUT2D eigenvalue weighted by Gasteiger charge is -2.44. The van der Waals surface area contributed by atoms with Crippen molar-refractivity contribution in [2.75, 3.05) is 24.5 Å². The van der Waals surface area contributed by atoms with E-state index in [1.54, 1.807) is 12.1 Å². The number of anilines is 1. The van der Waals surface area contributed by atoms with Gasteiger partial charge in [0.05, 0.1) is 16.2 Å². The van der Waals surface area contributed by atoms with Crippen LogP contribution in [-0.2, 0) is 0 Å². The number of non-ortho nitro benzene ring substituents is 1. The minimum Gasteiger partial charge on any atom is -0.371 e. The van der Waals surface area contributed by atoms with E-state index >= 15 is 0 Å². The third kappa shape index (κ3) is 3.66. The lowest BCUT2D eigenvalue weighted by molar-refractivity contribution is -0.384. The highest BCUT2D eigenvalue weighted by Crippen LogP contribution is 2.37. The summed E-state index contributed by atoms with van der Waals surface area (Å²) in [6.07, 6.45) is 10.4. The van der Waals surface area contributed by atoms with Gasteiger partial charge in [-0.05, 0) is 56.9 Å². The van der Waals surface area contributed by atoms with Crippen LogP contribution < -0.4 is 4.90 Å². The van der Waals surface area contributed by atoms with Crippen LogP contribution in [0.5, 0.6) is 0 Å². The van der Waals surface area contributed by atoms with E-state index < -0.39 is 4.92 Å². The molecule has 2 aliphatic heterocycles. The molecule has 27 heavy (non-hydrogen) atoms. The Morgan fingerprint density at radius 1 is 0.963 bits per heavy atom. The van der Waals surface area contributed by atoms with Gasteiger partial charge < -0.3 is 9.80 Å². The molecule has 1 aliphatic carbocycles. The molecule has 146 valence electrons. The van der Waals surface area contributed by atoms with Gasteiger partial charge in [0.15, 0.2) is 0 Å². The summed E-state index contributed by atoms with van der Waals surface area (Å²) in [6, 6.07) is 5.16. The number of benzene rings is 1. The fourth-order valence-electron chi connectivity index (χ4n) is 5.25. The third-order valence-electron chi connectivity index (χ3n) is 6.62. The largest absolute Gasteiger partial charge is 0.371 e. The molecule has 3 fully saturated rings. The van der Waals surface area contributed by atoms with Gasteiger partial charge in [-0.2, -0.15) is 0 Å². The number of piperidine rings is 2. The predicted octanol–water partition coefficient (Wildman–Crippen LogP) is 4.38. The molecule has 0 spiro atoms. The summed E-state index contributed by atoms with van der Waals surface area (Å²) < 4.78 is 0. The van der Waals surface area contributed by atoms with E-state index in [4.69, 9.17) is 0 Å². The van der Waals surface area contributed by atoms with Gasteiger partial charge >= 0.3 is 0 Å². The standard InChI is InChI=1S/C21H29N3O3/c25-21(23-14-6-8-16-7-2-3-9-19(16)23)18-15-17(24(26)27)10-11-20(18)22-12-4-1-5-13-22/h10-11,15-16,19H,1-9,12-14H2. The second kappa shape index (κ2) is 7.87. The quantitative estimate of drug-likeness (QED) is 0.584. The topological polar surface area (TPSA) is 66.7 Å². The molecule has 0 N–H and O–H groups in total. The molecule has 1 aromatic rings. The highest BCUT2D eigenvalue weighted by Gasteiger charge is 2.37. The van der Waals surface area contributed by atoms with E-state index in [0.29, 0.717) is 17.5 Å². The number of hydrogen-bond acceptors (Lipinski definition) is 4. The van der Waals surface area contributed by atoms with Crippen LogP contribution in [0.1, 0.15) is 68.1 Å². The molecule has 2 unspecified atom stereocenters. The molecule has 0 bridgehead atoms. The Hall–Kier alpha value is -2.11. The Kier molecular flexibility index (Phi) is 5.32. The number of rotatable bonds is 3. The Bertz CT molecular complexity index is 713. The molecule has 2 atom stereocenters. The van der Waals surface area contributed by atoms with Crippen molar-refractivity contribution >= 4 is 17.3 Å². The van der Waals surface area contributed by atoms with E-state index in [0.717, 1.165) is 51.0 Å². The number of amides is 1. The van der Waals surface area contributed by atoms with Crippen molar-refractivity contribution in [3.63, 3.8) is 0 Å². The summed E-state index contributed by atoms with van der Waals surface area (Å²) in [4.78, 5) is 28.8. The highest BCUT2D eigenvalue weighted by molar-refractivity contribution is 6.00. The van der Waals surface area contributed by atoms with Crippen LogP contribution in [0.15, 0.2) is 18.2 Å². The molecular formula is C21H29N3O3. The van der Waals surface area contributed by atoms with Gasteiger partial charge in [0.25, 0.3) is 11.6 Å². The summed E-state index contributed by atoms with van der Waals surface area (Å²) in [5, 5.41) is 11.3. The van der Waals surface area contributed by atoms with Gasteiger partial charge in [0.1, 0.15) is 0 Å². The zero-order valence-corrected chi connectivity index (χ0v) is 15.9. The van der Waals surface area contributed by atoms with Crippen LogP contribution in [0.4, 0.5) is 11.4 Å². The fraction of sp³-hybridized carbons (Fsp3) is 0.667. The van der Waals surface area contributed by atoms with Crippen molar-refractivity contribution < 1.29 is 9.72 Å². The molecule has 1 amide bonds. The van der Waals surface area contributed by atoms with Crippen molar-refractivity contribution in [2.24, 2.45) is 5.92 Å². The first-order valence-corrected chi connectivity index (χ1v) is 10.5. The summed E-state index contributed by atoms with van der Waals surface area (Å²) in [7, 11) is 0. The lowest BCUT2D eigenvalue weighted by Crippen LogP contribution is -2.50. The Labute approximate surface area is 160 Å². The first-order chi connectivity index (χ1) is 13.1. The fourth-order valence-corrected chi connectivity index (χ4v) is 5.25. The van der Waals surface area contributed by atoms with Crippen LogP contribution in [0.25, 0.3) is 0 Å². The Balaban J connectivity index is 1.68. The molecule has 2 heterocycles. The third-order valence-corrected chi connectivity index (χ3v) is 6.62. The van der Waals surface area contributed by atoms with Crippen LogP contribution in [0, 0.1) is 16.0 Å². The van der Waals surface area contributed by atoms with Crippen molar-refractivity contribution in [1.82, 2.24) is 4.90 Å². The van der Waals surface area contributed by atoms with Crippen molar-refractivity contribution in [3.8, 4) is 0 Å². The van der Waals surface area contributed by atoms with Gasteiger partial charge in [-0.15, -0.1) is 0 Å². The minimum atomic E-state index is -0.392. The molecule has 4 rings (SSSR count). The predicted molar refractivity (Wildman–Crippen MR) is 105 cm³/mol. The first kappa shape index (κ1) is 18.3. The molecule has 0 radical (unpaired) electrons. The second-order valence-corrected chi connectivity index (χ2v) is 8.26. The molecule has 2 saturated heterocycles. The number of nitro groups is 1. The molecule has 6 heteroatoms. The number of likely N-dealkylation sites (tertiary alicyclic amines) is 1. The number of carbonyl (C=O) groups is 1. The van der Waals surface area contributed by atoms with Gasteiger partial charge in [-0.1, -0.05) is 12.8 Å². The zero-order valence-electron chi connectivity index (χ0n) is 15.9. The van der Waals surface area contributed by atoms with Crippen LogP contribution >= 0.6 is 0 Å². The normalized spacial score (nSPS) is 25.8. The zero-order chi connectivity index (χ0) is 18.8. The van der Waals surface area contributed by atoms with E-state index in [-0.39, 0.29) is 11.6 Å². The van der Waals surface area contributed by atoms with E-state index in [2.05, 4.69) is 4.90 Å². The first-order valence-electron chi connectivity index (χ1n) is 10.5. The summed E-state index contributed by atoms with van der Waals surface area (Å²) in [5.74, 6) is 0.601. The van der Waals surface area contributed by atoms with E-state index in [1.807, 2.05) is 4.90 Å². The molecule has 1 aromatic carbocycles.